The molecule has 2 fully saturated rings. The number of piperidine rings is 1. The Morgan fingerprint density at radius 3 is 2.77 bits per heavy atom. The largest absolute Gasteiger partial charge is 0.436 e. The van der Waals surface area contributed by atoms with Crippen LogP contribution < -0.4 is 20.1 Å². The lowest BCUT2D eigenvalue weighted by atomic mass is 10.1. The molecule has 10 nitrogen and oxygen atoms in total. The van der Waals surface area contributed by atoms with Gasteiger partial charge in [0.05, 0.1) is 22.1 Å². The lowest BCUT2D eigenvalue weighted by molar-refractivity contribution is 0.254. The van der Waals surface area contributed by atoms with Crippen molar-refractivity contribution in [2.24, 2.45) is 0 Å². The Morgan fingerprint density at radius 2 is 2.03 bits per heavy atom. The van der Waals surface area contributed by atoms with Crippen molar-refractivity contribution in [2.75, 3.05) is 23.1 Å². The van der Waals surface area contributed by atoms with Crippen molar-refractivity contribution in [3.05, 3.63) is 35.1 Å². The maximum absolute atomic E-state index is 13.7. The number of hydrogen-bond donors (Lipinski definition) is 3. The summed E-state index contributed by atoms with van der Waals surface area (Å²) >= 11 is 1.43. The van der Waals surface area contributed by atoms with Crippen LogP contribution >= 0.6 is 11.3 Å². The molecule has 0 radical (unpaired) electrons. The number of nitrogens with zero attached hydrogens (tertiary/aromatic N) is 4. The highest BCUT2D eigenvalue weighted by Crippen LogP contribution is 2.38. The molecule has 3 aromatic heterocycles. The van der Waals surface area contributed by atoms with Gasteiger partial charge < -0.3 is 15.4 Å². The zero-order chi connectivity index (χ0) is 24.6. The molecular weight excluding hydrogens is 493 g/mol. The van der Waals surface area contributed by atoms with Gasteiger partial charge in [0.15, 0.2) is 5.75 Å². The summed E-state index contributed by atoms with van der Waals surface area (Å²) in [5.74, 6) is 1.50. The fourth-order valence-corrected chi connectivity index (χ4v) is 5.94. The predicted molar refractivity (Wildman–Crippen MR) is 132 cm³/mol. The molecule has 0 bridgehead atoms. The number of hydrogen-bond acceptors (Lipinski definition) is 10. The summed E-state index contributed by atoms with van der Waals surface area (Å²) < 4.78 is 46.7. The molecule has 0 unspecified atom stereocenters. The number of aromatic nitrogens is 4. The van der Waals surface area contributed by atoms with E-state index in [1.165, 1.54) is 17.5 Å². The summed E-state index contributed by atoms with van der Waals surface area (Å²) in [4.78, 5) is 18.3. The van der Waals surface area contributed by atoms with Gasteiger partial charge in [-0.1, -0.05) is 0 Å². The molecule has 3 N–H and O–H groups in total. The fourth-order valence-electron chi connectivity index (χ4n) is 3.79. The van der Waals surface area contributed by atoms with Crippen molar-refractivity contribution in [2.45, 2.75) is 50.6 Å². The van der Waals surface area contributed by atoms with E-state index in [-0.39, 0.29) is 17.1 Å². The summed E-state index contributed by atoms with van der Waals surface area (Å²) in [6.45, 7) is 4.69. The molecule has 0 amide bonds. The molecule has 186 valence electrons. The van der Waals surface area contributed by atoms with E-state index >= 15 is 0 Å². The number of pyridine rings is 1. The van der Waals surface area contributed by atoms with Gasteiger partial charge in [0.25, 0.3) is 0 Å². The van der Waals surface area contributed by atoms with Crippen molar-refractivity contribution in [1.82, 2.24) is 25.3 Å². The Bertz CT molecular complexity index is 1330. The van der Waals surface area contributed by atoms with E-state index < -0.39 is 16.2 Å². The molecule has 2 atom stereocenters. The van der Waals surface area contributed by atoms with E-state index in [0.717, 1.165) is 9.88 Å². The average molecular weight is 520 g/mol. The molecule has 1 saturated carbocycles. The maximum Gasteiger partial charge on any atom is 0.240 e. The Labute approximate surface area is 206 Å². The number of alkyl halides is 1. The molecule has 1 aliphatic heterocycles. The van der Waals surface area contributed by atoms with Gasteiger partial charge in [-0.05, 0) is 44.4 Å². The van der Waals surface area contributed by atoms with Crippen LogP contribution in [0.3, 0.4) is 0 Å². The zero-order valence-corrected chi connectivity index (χ0v) is 20.9. The minimum absolute atomic E-state index is 0.0995. The highest BCUT2D eigenvalue weighted by molar-refractivity contribution is 7.93. The SMILES string of the molecule is Cc1nc(Oc2cnc(NS(=O)(=O)C3CC3)cc2C)c(-c2ccnc(N[C@@H]3CNC[C@@H](F)C3)n2)s1. The van der Waals surface area contributed by atoms with Crippen molar-refractivity contribution in [3.8, 4) is 22.2 Å². The van der Waals surface area contributed by atoms with Gasteiger partial charge in [0.2, 0.25) is 21.9 Å². The normalized spacial score (nSPS) is 20.4. The van der Waals surface area contributed by atoms with Gasteiger partial charge in [-0.2, -0.15) is 0 Å². The smallest absolute Gasteiger partial charge is 0.240 e. The van der Waals surface area contributed by atoms with Crippen molar-refractivity contribution < 1.29 is 17.5 Å². The molecule has 0 spiro atoms. The molecule has 1 aliphatic carbocycles. The second-order valence-corrected chi connectivity index (χ2v) is 11.9. The summed E-state index contributed by atoms with van der Waals surface area (Å²) in [6.07, 6.45) is 3.97. The monoisotopic (exact) mass is 519 g/mol. The minimum atomic E-state index is -3.39. The first-order valence-corrected chi connectivity index (χ1v) is 13.7. The number of halogens is 1. The minimum Gasteiger partial charge on any atom is -0.436 e. The summed E-state index contributed by atoms with van der Waals surface area (Å²) in [5.41, 5.74) is 1.34. The third-order valence-corrected chi connectivity index (χ3v) is 8.52. The Hall–Kier alpha value is -2.90. The lowest BCUT2D eigenvalue weighted by Crippen LogP contribution is -2.44. The number of anilines is 2. The number of ether oxygens (including phenoxy) is 1. The van der Waals surface area contributed by atoms with Crippen LogP contribution in [0.1, 0.15) is 29.8 Å². The van der Waals surface area contributed by atoms with Crippen LogP contribution in [0.5, 0.6) is 11.6 Å². The number of rotatable bonds is 8. The molecule has 13 heteroatoms. The Kier molecular flexibility index (Phi) is 6.55. The van der Waals surface area contributed by atoms with Gasteiger partial charge in [-0.15, -0.1) is 11.3 Å². The van der Waals surface area contributed by atoms with Crippen LogP contribution in [0.4, 0.5) is 16.2 Å². The fraction of sp³-hybridized carbons (Fsp3) is 0.455. The van der Waals surface area contributed by atoms with Crippen LogP contribution in [0.15, 0.2) is 24.5 Å². The number of thiazole rings is 1. The van der Waals surface area contributed by atoms with Crippen molar-refractivity contribution in [1.29, 1.82) is 0 Å². The highest BCUT2D eigenvalue weighted by atomic mass is 32.2. The van der Waals surface area contributed by atoms with E-state index in [1.54, 1.807) is 18.3 Å². The highest BCUT2D eigenvalue weighted by Gasteiger charge is 2.36. The molecule has 3 aromatic rings. The van der Waals surface area contributed by atoms with Gasteiger partial charge >= 0.3 is 0 Å². The van der Waals surface area contributed by atoms with E-state index in [2.05, 4.69) is 35.3 Å². The molecule has 35 heavy (non-hydrogen) atoms. The quantitative estimate of drug-likeness (QED) is 0.410. The van der Waals surface area contributed by atoms with E-state index in [1.807, 2.05) is 13.8 Å². The van der Waals surface area contributed by atoms with E-state index in [4.69, 9.17) is 4.74 Å². The van der Waals surface area contributed by atoms with Crippen molar-refractivity contribution >= 4 is 33.1 Å². The van der Waals surface area contributed by atoms with Crippen molar-refractivity contribution in [3.63, 3.8) is 0 Å². The summed E-state index contributed by atoms with van der Waals surface area (Å²) in [7, 11) is -3.39. The van der Waals surface area contributed by atoms with Crippen LogP contribution in [0, 0.1) is 13.8 Å². The second kappa shape index (κ2) is 9.63. The first kappa shape index (κ1) is 23.8. The van der Waals surface area contributed by atoms with Crippen LogP contribution in [0.2, 0.25) is 0 Å². The summed E-state index contributed by atoms with van der Waals surface area (Å²) in [6, 6.07) is 3.30. The topological polar surface area (TPSA) is 131 Å². The second-order valence-electron chi connectivity index (χ2n) is 8.75. The molecule has 5 rings (SSSR count). The molecule has 1 saturated heterocycles. The predicted octanol–water partition coefficient (Wildman–Crippen LogP) is 3.42. The molecule has 2 aliphatic rings. The molecule has 0 aromatic carbocycles. The Balaban J connectivity index is 1.34. The number of aryl methyl sites for hydroxylation is 2. The van der Waals surface area contributed by atoms with Crippen LogP contribution in [-0.4, -0.2) is 58.9 Å². The molecule has 4 heterocycles. The van der Waals surface area contributed by atoms with Gasteiger partial charge in [-0.25, -0.2) is 32.7 Å². The zero-order valence-electron chi connectivity index (χ0n) is 19.3. The summed E-state index contributed by atoms with van der Waals surface area (Å²) in [5, 5.41) is 6.71. The van der Waals surface area contributed by atoms with E-state index in [9.17, 15) is 12.8 Å². The first-order valence-electron chi connectivity index (χ1n) is 11.3. The van der Waals surface area contributed by atoms with Gasteiger partial charge in [0.1, 0.15) is 16.9 Å². The molecular formula is C22H26FN7O3S2. The van der Waals surface area contributed by atoms with Gasteiger partial charge in [0, 0.05) is 31.7 Å². The lowest BCUT2D eigenvalue weighted by Gasteiger charge is -2.26. The standard InChI is InChI=1S/C22H26FN7O3S2/c1-12-7-19(30-35(31,32)16-3-4-16)26-11-18(12)33-21-20(34-13(2)27-21)17-5-6-25-22(29-17)28-15-8-14(23)9-24-10-15/h5-7,11,14-16,24H,3-4,8-10H2,1-2H3,(H,26,30)(H,25,28,29)/t14-,15-/m0/s1. The number of nitrogens with one attached hydrogen (secondary N) is 3. The number of sulfonamides is 1. The average Bonchev–Trinajstić information content (AvgIpc) is 3.60. The first-order chi connectivity index (χ1) is 16.8. The van der Waals surface area contributed by atoms with E-state index in [0.29, 0.717) is 61.2 Å². The van der Waals surface area contributed by atoms with Gasteiger partial charge in [-0.3, -0.25) is 4.72 Å². The Morgan fingerprint density at radius 1 is 1.20 bits per heavy atom. The third-order valence-electron chi connectivity index (χ3n) is 5.70. The van der Waals surface area contributed by atoms with Crippen LogP contribution in [0.25, 0.3) is 10.6 Å². The third kappa shape index (κ3) is 5.68. The van der Waals surface area contributed by atoms with Crippen LogP contribution in [-0.2, 0) is 10.0 Å². The maximum atomic E-state index is 13.7.